The average molecular weight is 240 g/mol. The van der Waals surface area contributed by atoms with Crippen molar-refractivity contribution in [3.05, 3.63) is 0 Å². The number of hydrogen-bond acceptors (Lipinski definition) is 3. The topological polar surface area (TPSA) is 50.4 Å². The average Bonchev–Trinajstić information content (AvgIpc) is 3.14. The van der Waals surface area contributed by atoms with Gasteiger partial charge in [0, 0.05) is 19.3 Å². The summed E-state index contributed by atoms with van der Waals surface area (Å²) in [6, 6.07) is 0.318. The number of carbonyl (C=O) groups excluding carboxylic acids is 1. The van der Waals surface area contributed by atoms with E-state index in [-0.39, 0.29) is 5.91 Å². The molecular formula is C13H24N2O2. The zero-order valence-corrected chi connectivity index (χ0v) is 10.7. The summed E-state index contributed by atoms with van der Waals surface area (Å²) >= 11 is 0. The quantitative estimate of drug-likeness (QED) is 0.726. The molecule has 2 rings (SSSR count). The highest BCUT2D eigenvalue weighted by molar-refractivity contribution is 5.78. The molecule has 0 aromatic carbocycles. The first kappa shape index (κ1) is 12.8. The van der Waals surface area contributed by atoms with Crippen molar-refractivity contribution in [1.82, 2.24) is 10.6 Å². The first-order valence-corrected chi connectivity index (χ1v) is 6.83. The molecule has 17 heavy (non-hydrogen) atoms. The molecule has 2 fully saturated rings. The van der Waals surface area contributed by atoms with Gasteiger partial charge in [-0.05, 0) is 44.1 Å². The fraction of sp³-hybridized carbons (Fsp3) is 0.923. The largest absolute Gasteiger partial charge is 0.381 e. The number of rotatable bonds is 6. The number of hydrogen-bond donors (Lipinski definition) is 2. The Labute approximate surface area is 103 Å². The maximum Gasteiger partial charge on any atom is 0.234 e. The number of ether oxygens (including phenoxy) is 1. The Morgan fingerprint density at radius 2 is 2.00 bits per heavy atom. The van der Waals surface area contributed by atoms with Crippen LogP contribution in [-0.4, -0.2) is 38.3 Å². The molecule has 1 unspecified atom stereocenters. The van der Waals surface area contributed by atoms with Crippen LogP contribution in [-0.2, 0) is 9.53 Å². The third kappa shape index (κ3) is 4.64. The maximum atomic E-state index is 11.7. The van der Waals surface area contributed by atoms with Crippen LogP contribution >= 0.6 is 0 Å². The van der Waals surface area contributed by atoms with Crippen molar-refractivity contribution in [2.24, 2.45) is 11.8 Å². The summed E-state index contributed by atoms with van der Waals surface area (Å²) in [4.78, 5) is 11.7. The van der Waals surface area contributed by atoms with Gasteiger partial charge in [0.2, 0.25) is 5.91 Å². The van der Waals surface area contributed by atoms with E-state index in [1.165, 1.54) is 12.8 Å². The van der Waals surface area contributed by atoms with E-state index in [0.29, 0.717) is 18.5 Å². The van der Waals surface area contributed by atoms with Gasteiger partial charge in [-0.25, -0.2) is 0 Å². The molecule has 2 aliphatic rings. The number of nitrogens with one attached hydrogen (secondary N) is 2. The number of carbonyl (C=O) groups is 1. The third-order valence-corrected chi connectivity index (χ3v) is 3.77. The van der Waals surface area contributed by atoms with Gasteiger partial charge in [-0.3, -0.25) is 4.79 Å². The Kier molecular flexibility index (Phi) is 4.80. The first-order chi connectivity index (χ1) is 8.25. The summed E-state index contributed by atoms with van der Waals surface area (Å²) in [5, 5.41) is 6.31. The van der Waals surface area contributed by atoms with Gasteiger partial charge in [0.15, 0.2) is 0 Å². The van der Waals surface area contributed by atoms with Crippen molar-refractivity contribution in [2.45, 2.75) is 38.6 Å². The summed E-state index contributed by atoms with van der Waals surface area (Å²) < 4.78 is 5.26. The molecule has 0 bridgehead atoms. The molecule has 0 aromatic heterocycles. The van der Waals surface area contributed by atoms with Gasteiger partial charge in [0.1, 0.15) is 0 Å². The normalized spacial score (nSPS) is 23.4. The van der Waals surface area contributed by atoms with Crippen LogP contribution in [0.3, 0.4) is 0 Å². The van der Waals surface area contributed by atoms with Gasteiger partial charge in [0.05, 0.1) is 6.54 Å². The lowest BCUT2D eigenvalue weighted by Gasteiger charge is -2.23. The van der Waals surface area contributed by atoms with E-state index in [1.807, 2.05) is 0 Å². The Hall–Kier alpha value is -0.610. The van der Waals surface area contributed by atoms with Crippen molar-refractivity contribution in [1.29, 1.82) is 0 Å². The maximum absolute atomic E-state index is 11.7. The lowest BCUT2D eigenvalue weighted by molar-refractivity contribution is -0.121. The minimum atomic E-state index is 0.125. The lowest BCUT2D eigenvalue weighted by atomic mass is 10.1. The summed E-state index contributed by atoms with van der Waals surface area (Å²) in [6.45, 7) is 5.23. The summed E-state index contributed by atoms with van der Waals surface area (Å²) in [5.74, 6) is 1.74. The van der Waals surface area contributed by atoms with Crippen LogP contribution in [0.15, 0.2) is 0 Å². The second-order valence-corrected chi connectivity index (χ2v) is 5.40. The van der Waals surface area contributed by atoms with Crippen LogP contribution in [0.25, 0.3) is 0 Å². The van der Waals surface area contributed by atoms with Crippen LogP contribution in [0.5, 0.6) is 0 Å². The van der Waals surface area contributed by atoms with Gasteiger partial charge in [0.25, 0.3) is 0 Å². The molecule has 4 heteroatoms. The van der Waals surface area contributed by atoms with Crippen molar-refractivity contribution in [3.8, 4) is 0 Å². The molecule has 1 saturated heterocycles. The van der Waals surface area contributed by atoms with E-state index in [9.17, 15) is 4.79 Å². The van der Waals surface area contributed by atoms with Gasteiger partial charge >= 0.3 is 0 Å². The predicted molar refractivity (Wildman–Crippen MR) is 66.7 cm³/mol. The molecule has 1 heterocycles. The number of amides is 1. The smallest absolute Gasteiger partial charge is 0.234 e. The second-order valence-electron chi connectivity index (χ2n) is 5.40. The van der Waals surface area contributed by atoms with Crippen molar-refractivity contribution >= 4 is 5.91 Å². The van der Waals surface area contributed by atoms with E-state index < -0.39 is 0 Å². The van der Waals surface area contributed by atoms with E-state index in [2.05, 4.69) is 17.6 Å². The molecule has 4 nitrogen and oxygen atoms in total. The fourth-order valence-electron chi connectivity index (χ4n) is 2.37. The highest BCUT2D eigenvalue weighted by atomic mass is 16.5. The van der Waals surface area contributed by atoms with Crippen LogP contribution in [0.4, 0.5) is 0 Å². The Morgan fingerprint density at radius 1 is 1.29 bits per heavy atom. The monoisotopic (exact) mass is 240 g/mol. The molecule has 1 saturated carbocycles. The first-order valence-electron chi connectivity index (χ1n) is 6.83. The molecule has 2 N–H and O–H groups in total. The Bertz CT molecular complexity index is 248. The van der Waals surface area contributed by atoms with Crippen molar-refractivity contribution < 1.29 is 9.53 Å². The summed E-state index contributed by atoms with van der Waals surface area (Å²) in [7, 11) is 0. The standard InChI is InChI=1S/C13H24N2O2/c1-10(11-2-3-11)8-14-9-13(16)15-12-4-6-17-7-5-12/h10-12,14H,2-9H2,1H3,(H,15,16). The van der Waals surface area contributed by atoms with Crippen LogP contribution in [0, 0.1) is 11.8 Å². The molecule has 1 atom stereocenters. The minimum absolute atomic E-state index is 0.125. The molecule has 0 spiro atoms. The van der Waals surface area contributed by atoms with E-state index in [1.54, 1.807) is 0 Å². The van der Waals surface area contributed by atoms with Gasteiger partial charge in [-0.2, -0.15) is 0 Å². The molecule has 1 aliphatic carbocycles. The highest BCUT2D eigenvalue weighted by Crippen LogP contribution is 2.35. The zero-order valence-electron chi connectivity index (χ0n) is 10.7. The second kappa shape index (κ2) is 6.36. The van der Waals surface area contributed by atoms with Gasteiger partial charge in [-0.1, -0.05) is 6.92 Å². The lowest BCUT2D eigenvalue weighted by Crippen LogP contribution is -2.43. The molecule has 1 amide bonds. The summed E-state index contributed by atoms with van der Waals surface area (Å²) in [5.41, 5.74) is 0. The fourth-order valence-corrected chi connectivity index (χ4v) is 2.37. The van der Waals surface area contributed by atoms with Crippen molar-refractivity contribution in [3.63, 3.8) is 0 Å². The van der Waals surface area contributed by atoms with Crippen LogP contribution in [0.2, 0.25) is 0 Å². The van der Waals surface area contributed by atoms with E-state index in [4.69, 9.17) is 4.74 Å². The van der Waals surface area contributed by atoms with Gasteiger partial charge in [-0.15, -0.1) is 0 Å². The molecule has 98 valence electrons. The zero-order chi connectivity index (χ0) is 12.1. The SMILES string of the molecule is CC(CNCC(=O)NC1CCOCC1)C1CC1. The van der Waals surface area contributed by atoms with Crippen molar-refractivity contribution in [2.75, 3.05) is 26.3 Å². The third-order valence-electron chi connectivity index (χ3n) is 3.77. The predicted octanol–water partition coefficient (Wildman–Crippen LogP) is 0.917. The van der Waals surface area contributed by atoms with Crippen LogP contribution in [0.1, 0.15) is 32.6 Å². The van der Waals surface area contributed by atoms with E-state index in [0.717, 1.165) is 38.5 Å². The Morgan fingerprint density at radius 3 is 2.65 bits per heavy atom. The molecule has 1 aliphatic heterocycles. The Balaban J connectivity index is 1.53. The summed E-state index contributed by atoms with van der Waals surface area (Å²) in [6.07, 6.45) is 4.64. The highest BCUT2D eigenvalue weighted by Gasteiger charge is 2.27. The molecule has 0 radical (unpaired) electrons. The minimum Gasteiger partial charge on any atom is -0.381 e. The van der Waals surface area contributed by atoms with Gasteiger partial charge < -0.3 is 15.4 Å². The molecular weight excluding hydrogens is 216 g/mol. The van der Waals surface area contributed by atoms with Crippen LogP contribution < -0.4 is 10.6 Å². The molecule has 0 aromatic rings. The van der Waals surface area contributed by atoms with E-state index >= 15 is 0 Å².